The van der Waals surface area contributed by atoms with Crippen LogP contribution >= 0.6 is 0 Å². The Hall–Kier alpha value is -0.960. The summed E-state index contributed by atoms with van der Waals surface area (Å²) in [6, 6.07) is 6.63. The number of likely N-dealkylation sites (N-methyl/N-ethyl adjacent to an activating group) is 1. The van der Waals surface area contributed by atoms with Gasteiger partial charge in [-0.3, -0.25) is 0 Å². The van der Waals surface area contributed by atoms with E-state index in [1.54, 1.807) is 0 Å². The van der Waals surface area contributed by atoms with Crippen molar-refractivity contribution in [3.8, 4) is 0 Å². The van der Waals surface area contributed by atoms with Gasteiger partial charge < -0.3 is 5.32 Å². The third-order valence-corrected chi connectivity index (χ3v) is 4.77. The summed E-state index contributed by atoms with van der Waals surface area (Å²) in [6.07, 6.45) is 2.28. The molecule has 2 rings (SSSR count). The third kappa shape index (κ3) is 3.57. The van der Waals surface area contributed by atoms with Crippen LogP contribution in [0.2, 0.25) is 0 Å². The minimum absolute atomic E-state index is 0.0442. The number of rotatable bonds is 4. The van der Waals surface area contributed by atoms with Crippen LogP contribution in [0.15, 0.2) is 18.2 Å². The fourth-order valence-electron chi connectivity index (χ4n) is 3.36. The van der Waals surface area contributed by atoms with Gasteiger partial charge in [0.2, 0.25) is 5.92 Å². The van der Waals surface area contributed by atoms with Gasteiger partial charge in [-0.05, 0) is 62.8 Å². The van der Waals surface area contributed by atoms with E-state index in [-0.39, 0.29) is 12.8 Å². The summed E-state index contributed by atoms with van der Waals surface area (Å²) >= 11 is 0. The lowest BCUT2D eigenvalue weighted by atomic mass is 9.79. The molecule has 1 N–H and O–H groups in total. The number of halogens is 2. The van der Waals surface area contributed by atoms with Crippen LogP contribution in [0.5, 0.6) is 0 Å². The summed E-state index contributed by atoms with van der Waals surface area (Å²) < 4.78 is 26.6. The molecule has 1 aromatic carbocycles. The van der Waals surface area contributed by atoms with Crippen LogP contribution in [-0.2, 0) is 6.42 Å². The Balaban J connectivity index is 2.06. The molecule has 112 valence electrons. The highest BCUT2D eigenvalue weighted by atomic mass is 19.3. The molecule has 0 amide bonds. The Kier molecular flexibility index (Phi) is 4.79. The second-order valence-corrected chi connectivity index (χ2v) is 6.16. The zero-order chi connectivity index (χ0) is 14.8. The standard InChI is InChI=1S/C17H25F2N/c1-12-5-4-6-13(2)15(12)11-16(20-3)14-7-9-17(18,19)10-8-14/h4-6,14,16,20H,7-11H2,1-3H3. The minimum Gasteiger partial charge on any atom is -0.316 e. The molecule has 0 radical (unpaired) electrons. The largest absolute Gasteiger partial charge is 0.316 e. The van der Waals surface area contributed by atoms with Gasteiger partial charge in [0, 0.05) is 18.9 Å². The fraction of sp³-hybridized carbons (Fsp3) is 0.647. The number of hydrogen-bond donors (Lipinski definition) is 1. The van der Waals surface area contributed by atoms with E-state index in [2.05, 4.69) is 37.4 Å². The molecule has 0 aliphatic heterocycles. The lowest BCUT2D eigenvalue weighted by Gasteiger charge is -2.34. The van der Waals surface area contributed by atoms with E-state index in [0.29, 0.717) is 24.8 Å². The molecular formula is C17H25F2N. The van der Waals surface area contributed by atoms with Crippen LogP contribution in [0.25, 0.3) is 0 Å². The Labute approximate surface area is 120 Å². The first-order valence-electron chi connectivity index (χ1n) is 7.53. The molecule has 0 heterocycles. The SMILES string of the molecule is CNC(Cc1c(C)cccc1C)C1CCC(F)(F)CC1. The number of aryl methyl sites for hydroxylation is 2. The van der Waals surface area contributed by atoms with Crippen molar-refractivity contribution in [3.63, 3.8) is 0 Å². The van der Waals surface area contributed by atoms with Crippen molar-refractivity contribution in [2.45, 2.75) is 57.9 Å². The Morgan fingerprint density at radius 1 is 1.20 bits per heavy atom. The average molecular weight is 281 g/mol. The maximum Gasteiger partial charge on any atom is 0.248 e. The van der Waals surface area contributed by atoms with Gasteiger partial charge in [-0.2, -0.15) is 0 Å². The van der Waals surface area contributed by atoms with Crippen molar-refractivity contribution in [3.05, 3.63) is 34.9 Å². The quantitative estimate of drug-likeness (QED) is 0.869. The molecule has 1 unspecified atom stereocenters. The molecule has 0 bridgehead atoms. The van der Waals surface area contributed by atoms with Crippen molar-refractivity contribution in [1.29, 1.82) is 0 Å². The highest BCUT2D eigenvalue weighted by molar-refractivity contribution is 5.34. The molecule has 0 spiro atoms. The zero-order valence-corrected chi connectivity index (χ0v) is 12.7. The molecule has 0 saturated heterocycles. The second-order valence-electron chi connectivity index (χ2n) is 6.16. The number of nitrogens with one attached hydrogen (secondary N) is 1. The molecule has 0 aromatic heterocycles. The average Bonchev–Trinajstić information content (AvgIpc) is 2.39. The van der Waals surface area contributed by atoms with E-state index in [0.717, 1.165) is 6.42 Å². The van der Waals surface area contributed by atoms with Gasteiger partial charge in [0.05, 0.1) is 0 Å². The normalized spacial score (nSPS) is 20.9. The lowest BCUT2D eigenvalue weighted by molar-refractivity contribution is -0.0492. The topological polar surface area (TPSA) is 12.0 Å². The predicted molar refractivity (Wildman–Crippen MR) is 79.4 cm³/mol. The van der Waals surface area contributed by atoms with E-state index in [1.165, 1.54) is 16.7 Å². The highest BCUT2D eigenvalue weighted by Gasteiger charge is 2.37. The first-order chi connectivity index (χ1) is 9.43. The smallest absolute Gasteiger partial charge is 0.248 e. The van der Waals surface area contributed by atoms with Crippen LogP contribution in [0.1, 0.15) is 42.4 Å². The van der Waals surface area contributed by atoms with Crippen LogP contribution < -0.4 is 5.32 Å². The van der Waals surface area contributed by atoms with Crippen molar-refractivity contribution in [1.82, 2.24) is 5.32 Å². The van der Waals surface area contributed by atoms with Gasteiger partial charge in [-0.25, -0.2) is 8.78 Å². The summed E-state index contributed by atoms with van der Waals surface area (Å²) in [5, 5.41) is 3.36. The maximum absolute atomic E-state index is 13.3. The first kappa shape index (κ1) is 15.4. The van der Waals surface area contributed by atoms with E-state index in [4.69, 9.17) is 0 Å². The lowest BCUT2D eigenvalue weighted by Crippen LogP contribution is -2.40. The third-order valence-electron chi connectivity index (χ3n) is 4.77. The molecule has 3 heteroatoms. The van der Waals surface area contributed by atoms with Gasteiger partial charge >= 0.3 is 0 Å². The molecular weight excluding hydrogens is 256 g/mol. The van der Waals surface area contributed by atoms with Gasteiger partial charge in [-0.1, -0.05) is 18.2 Å². The molecule has 1 saturated carbocycles. The Bertz CT molecular complexity index is 426. The number of hydrogen-bond acceptors (Lipinski definition) is 1. The van der Waals surface area contributed by atoms with Gasteiger partial charge in [0.25, 0.3) is 0 Å². The first-order valence-corrected chi connectivity index (χ1v) is 7.53. The summed E-state index contributed by atoms with van der Waals surface area (Å²) in [5.74, 6) is -2.08. The Morgan fingerprint density at radius 3 is 2.25 bits per heavy atom. The monoisotopic (exact) mass is 281 g/mol. The number of alkyl halides is 2. The molecule has 1 atom stereocenters. The van der Waals surface area contributed by atoms with E-state index >= 15 is 0 Å². The number of benzene rings is 1. The molecule has 1 aliphatic rings. The van der Waals surface area contributed by atoms with Crippen molar-refractivity contribution >= 4 is 0 Å². The maximum atomic E-state index is 13.3. The second kappa shape index (κ2) is 6.21. The summed E-state index contributed by atoms with van der Waals surface area (Å²) in [5.41, 5.74) is 3.96. The summed E-state index contributed by atoms with van der Waals surface area (Å²) in [7, 11) is 1.95. The van der Waals surface area contributed by atoms with Crippen molar-refractivity contribution < 1.29 is 8.78 Å². The molecule has 1 nitrogen and oxygen atoms in total. The van der Waals surface area contributed by atoms with E-state index < -0.39 is 5.92 Å². The van der Waals surface area contributed by atoms with Crippen LogP contribution in [0, 0.1) is 19.8 Å². The van der Waals surface area contributed by atoms with Crippen molar-refractivity contribution in [2.24, 2.45) is 5.92 Å². The molecule has 20 heavy (non-hydrogen) atoms. The van der Waals surface area contributed by atoms with E-state index in [9.17, 15) is 8.78 Å². The van der Waals surface area contributed by atoms with Crippen LogP contribution in [-0.4, -0.2) is 19.0 Å². The molecule has 1 aromatic rings. The zero-order valence-electron chi connectivity index (χ0n) is 12.7. The van der Waals surface area contributed by atoms with Crippen LogP contribution in [0.3, 0.4) is 0 Å². The van der Waals surface area contributed by atoms with Gasteiger partial charge in [0.1, 0.15) is 0 Å². The molecule has 1 fully saturated rings. The van der Waals surface area contributed by atoms with Gasteiger partial charge in [-0.15, -0.1) is 0 Å². The van der Waals surface area contributed by atoms with Crippen LogP contribution in [0.4, 0.5) is 8.78 Å². The summed E-state index contributed by atoms with van der Waals surface area (Å²) in [6.45, 7) is 4.26. The predicted octanol–water partition coefficient (Wildman–Crippen LogP) is 4.26. The highest BCUT2D eigenvalue weighted by Crippen LogP contribution is 2.38. The van der Waals surface area contributed by atoms with E-state index in [1.807, 2.05) is 7.05 Å². The summed E-state index contributed by atoms with van der Waals surface area (Å²) in [4.78, 5) is 0. The fourth-order valence-corrected chi connectivity index (χ4v) is 3.36. The molecule has 1 aliphatic carbocycles. The Morgan fingerprint density at radius 2 is 1.75 bits per heavy atom. The van der Waals surface area contributed by atoms with Crippen molar-refractivity contribution in [2.75, 3.05) is 7.05 Å². The minimum atomic E-state index is -2.44. The van der Waals surface area contributed by atoms with Gasteiger partial charge in [0.15, 0.2) is 0 Å².